The first kappa shape index (κ1) is 26.9. The zero-order chi connectivity index (χ0) is 27.1. The number of carbonyl (C=O) groups is 3. The first-order valence-corrected chi connectivity index (χ1v) is 13.4. The maximum Gasteiger partial charge on any atom is 0.305 e. The van der Waals surface area contributed by atoms with Gasteiger partial charge >= 0.3 is 5.97 Å². The van der Waals surface area contributed by atoms with Crippen LogP contribution in [0.1, 0.15) is 37.0 Å². The minimum absolute atomic E-state index is 0.0653. The normalized spacial score (nSPS) is 11.8. The lowest BCUT2D eigenvalue weighted by Crippen LogP contribution is -2.35. The summed E-state index contributed by atoms with van der Waals surface area (Å²) in [4.78, 5) is 37.2. The molecule has 4 N–H and O–H groups in total. The van der Waals surface area contributed by atoms with Gasteiger partial charge in [0.2, 0.25) is 5.91 Å². The second-order valence-corrected chi connectivity index (χ2v) is 10.6. The topological polar surface area (TPSA) is 108 Å². The Bertz CT molecular complexity index is 1380. The highest BCUT2D eigenvalue weighted by molar-refractivity contribution is 7.22. The third kappa shape index (κ3) is 7.20. The molecule has 38 heavy (non-hydrogen) atoms. The highest BCUT2D eigenvalue weighted by Gasteiger charge is 2.20. The number of hydrogen-bond acceptors (Lipinski definition) is 5. The molecule has 4 aromatic rings. The van der Waals surface area contributed by atoms with Crippen molar-refractivity contribution in [3.05, 3.63) is 84.4 Å². The lowest BCUT2D eigenvalue weighted by atomic mass is 10.0. The maximum absolute atomic E-state index is 13.2. The summed E-state index contributed by atoms with van der Waals surface area (Å²) in [6.45, 7) is 4.19. The van der Waals surface area contributed by atoms with E-state index in [2.05, 4.69) is 48.0 Å². The van der Waals surface area contributed by atoms with E-state index in [0.29, 0.717) is 17.7 Å². The number of benzene rings is 3. The Hall–Kier alpha value is -4.17. The van der Waals surface area contributed by atoms with Gasteiger partial charge in [0, 0.05) is 33.1 Å². The summed E-state index contributed by atoms with van der Waals surface area (Å²) in [6, 6.07) is 24.7. The molecule has 1 atom stereocenters. The molecule has 1 aromatic heterocycles. The first-order valence-electron chi connectivity index (χ1n) is 12.5. The van der Waals surface area contributed by atoms with Gasteiger partial charge in [0.15, 0.2) is 0 Å². The largest absolute Gasteiger partial charge is 0.481 e. The number of rotatable bonds is 11. The van der Waals surface area contributed by atoms with Crippen molar-refractivity contribution < 1.29 is 19.5 Å². The Kier molecular flexibility index (Phi) is 8.76. The summed E-state index contributed by atoms with van der Waals surface area (Å²) in [5, 5.41) is 18.8. The number of anilines is 2. The van der Waals surface area contributed by atoms with Crippen LogP contribution in [0.2, 0.25) is 0 Å². The minimum atomic E-state index is -0.966. The van der Waals surface area contributed by atoms with Gasteiger partial charge in [0.05, 0.1) is 6.42 Å². The van der Waals surface area contributed by atoms with E-state index < -0.39 is 12.0 Å². The van der Waals surface area contributed by atoms with Crippen LogP contribution in [0.3, 0.4) is 0 Å². The molecule has 7 nitrogen and oxygen atoms in total. The van der Waals surface area contributed by atoms with Gasteiger partial charge in [-0.15, -0.1) is 11.3 Å². The van der Waals surface area contributed by atoms with Crippen LogP contribution in [-0.2, 0) is 9.59 Å². The standard InChI is InChI=1S/C30H31N3O4S/c1-19(2)17-25(32-23-13-9-21(10-14-23)29(36)31-16-15-28(34)35)30(37)33-24-11-7-20(8-12-24)27-18-22-5-3-4-6-26(22)38-27/h3-14,18-19,25,32H,15-17H2,1-2H3,(H,31,36)(H,33,37)(H,34,35). The lowest BCUT2D eigenvalue weighted by molar-refractivity contribution is -0.136. The second-order valence-electron chi connectivity index (χ2n) is 9.52. The number of hydrogen-bond donors (Lipinski definition) is 4. The molecule has 0 fully saturated rings. The molecular formula is C30H31N3O4S. The maximum atomic E-state index is 13.2. The molecule has 0 bridgehead atoms. The van der Waals surface area contributed by atoms with Crippen LogP contribution in [-0.4, -0.2) is 35.5 Å². The van der Waals surface area contributed by atoms with Gasteiger partial charge in [-0.2, -0.15) is 0 Å². The van der Waals surface area contributed by atoms with Crippen LogP contribution >= 0.6 is 11.3 Å². The smallest absolute Gasteiger partial charge is 0.305 e. The Balaban J connectivity index is 1.39. The van der Waals surface area contributed by atoms with Crippen molar-refractivity contribution >= 4 is 50.6 Å². The third-order valence-electron chi connectivity index (χ3n) is 6.00. The second kappa shape index (κ2) is 12.4. The van der Waals surface area contributed by atoms with E-state index in [0.717, 1.165) is 11.3 Å². The third-order valence-corrected chi connectivity index (χ3v) is 7.16. The quantitative estimate of drug-likeness (QED) is 0.184. The Morgan fingerprint density at radius 2 is 1.58 bits per heavy atom. The monoisotopic (exact) mass is 529 g/mol. The molecule has 1 heterocycles. The van der Waals surface area contributed by atoms with Crippen LogP contribution in [0.4, 0.5) is 11.4 Å². The van der Waals surface area contributed by atoms with E-state index in [1.54, 1.807) is 35.6 Å². The molecule has 0 radical (unpaired) electrons. The van der Waals surface area contributed by atoms with Crippen LogP contribution in [0.15, 0.2) is 78.9 Å². The Labute approximate surface area is 225 Å². The summed E-state index contributed by atoms with van der Waals surface area (Å²) >= 11 is 1.74. The molecule has 2 amide bonds. The molecule has 0 spiro atoms. The molecule has 4 rings (SSSR count). The van der Waals surface area contributed by atoms with E-state index in [1.165, 1.54) is 15.0 Å². The van der Waals surface area contributed by atoms with Crippen molar-refractivity contribution in [2.45, 2.75) is 32.7 Å². The van der Waals surface area contributed by atoms with Crippen molar-refractivity contribution in [1.29, 1.82) is 0 Å². The van der Waals surface area contributed by atoms with Crippen LogP contribution < -0.4 is 16.0 Å². The summed E-state index contributed by atoms with van der Waals surface area (Å²) in [6.07, 6.45) is 0.494. The number of fused-ring (bicyclic) bond motifs is 1. The van der Waals surface area contributed by atoms with Gasteiger partial charge in [0.25, 0.3) is 5.91 Å². The number of carbonyl (C=O) groups excluding carboxylic acids is 2. The molecule has 0 aliphatic carbocycles. The molecule has 3 aromatic carbocycles. The summed E-state index contributed by atoms with van der Waals surface area (Å²) in [5.41, 5.74) is 2.97. The highest BCUT2D eigenvalue weighted by atomic mass is 32.1. The predicted molar refractivity (Wildman–Crippen MR) is 154 cm³/mol. The number of thiophene rings is 1. The van der Waals surface area contributed by atoms with Gasteiger partial charge < -0.3 is 21.1 Å². The van der Waals surface area contributed by atoms with Gasteiger partial charge in [-0.1, -0.05) is 44.2 Å². The van der Waals surface area contributed by atoms with E-state index >= 15 is 0 Å². The van der Waals surface area contributed by atoms with Crippen LogP contribution in [0, 0.1) is 5.92 Å². The number of carboxylic acids is 1. The highest BCUT2D eigenvalue weighted by Crippen LogP contribution is 2.33. The molecule has 0 aliphatic rings. The Morgan fingerprint density at radius 3 is 2.24 bits per heavy atom. The fourth-order valence-electron chi connectivity index (χ4n) is 4.08. The van der Waals surface area contributed by atoms with E-state index in [1.807, 2.05) is 36.4 Å². The zero-order valence-electron chi connectivity index (χ0n) is 21.4. The molecule has 1 unspecified atom stereocenters. The minimum Gasteiger partial charge on any atom is -0.481 e. The molecule has 0 saturated carbocycles. The van der Waals surface area contributed by atoms with Gasteiger partial charge in [0.1, 0.15) is 6.04 Å². The van der Waals surface area contributed by atoms with E-state index in [9.17, 15) is 14.4 Å². The molecule has 196 valence electrons. The van der Waals surface area contributed by atoms with Gasteiger partial charge in [-0.3, -0.25) is 14.4 Å². The zero-order valence-corrected chi connectivity index (χ0v) is 22.2. The first-order chi connectivity index (χ1) is 18.3. The van der Waals surface area contributed by atoms with E-state index in [-0.39, 0.29) is 30.7 Å². The molecule has 0 aliphatic heterocycles. The number of amides is 2. The number of carboxylic acid groups (broad SMARTS) is 1. The van der Waals surface area contributed by atoms with Crippen molar-refractivity contribution in [2.75, 3.05) is 17.2 Å². The van der Waals surface area contributed by atoms with Gasteiger partial charge in [-0.05, 0) is 71.8 Å². The fourth-order valence-corrected chi connectivity index (χ4v) is 5.15. The fraction of sp³-hybridized carbons (Fsp3) is 0.233. The molecule has 8 heteroatoms. The van der Waals surface area contributed by atoms with Crippen molar-refractivity contribution in [1.82, 2.24) is 5.32 Å². The number of nitrogens with one attached hydrogen (secondary N) is 3. The predicted octanol–water partition coefficient (Wildman–Crippen LogP) is 6.24. The lowest BCUT2D eigenvalue weighted by Gasteiger charge is -2.21. The summed E-state index contributed by atoms with van der Waals surface area (Å²) in [7, 11) is 0. The summed E-state index contributed by atoms with van der Waals surface area (Å²) < 4.78 is 1.24. The van der Waals surface area contributed by atoms with E-state index in [4.69, 9.17) is 5.11 Å². The summed E-state index contributed by atoms with van der Waals surface area (Å²) in [5.74, 6) is -1.16. The Morgan fingerprint density at radius 1 is 0.895 bits per heavy atom. The average molecular weight is 530 g/mol. The molecular weight excluding hydrogens is 498 g/mol. The van der Waals surface area contributed by atoms with Crippen molar-refractivity contribution in [3.63, 3.8) is 0 Å². The van der Waals surface area contributed by atoms with Gasteiger partial charge in [-0.25, -0.2) is 0 Å². The van der Waals surface area contributed by atoms with Crippen molar-refractivity contribution in [3.8, 4) is 10.4 Å². The molecule has 0 saturated heterocycles. The number of aliphatic carboxylic acids is 1. The van der Waals surface area contributed by atoms with Crippen LogP contribution in [0.25, 0.3) is 20.5 Å². The van der Waals surface area contributed by atoms with Crippen LogP contribution in [0.5, 0.6) is 0 Å². The average Bonchev–Trinajstić information content (AvgIpc) is 3.33. The van der Waals surface area contributed by atoms with Crippen molar-refractivity contribution in [2.24, 2.45) is 5.92 Å². The SMILES string of the molecule is CC(C)CC(Nc1ccc(C(=O)NCCC(=O)O)cc1)C(=O)Nc1ccc(-c2cc3ccccc3s2)cc1.